The molecular weight excluding hydrogens is 366 g/mol. The van der Waals surface area contributed by atoms with Gasteiger partial charge in [0.1, 0.15) is 0 Å². The molecule has 0 aliphatic carbocycles. The molecule has 4 rings (SSSR count). The summed E-state index contributed by atoms with van der Waals surface area (Å²) in [5.74, 6) is -0.453. The zero-order valence-corrected chi connectivity index (χ0v) is 15.8. The molecule has 0 saturated carbocycles. The molecule has 0 aliphatic heterocycles. The second-order valence-corrected chi connectivity index (χ2v) is 6.65. The van der Waals surface area contributed by atoms with E-state index in [0.29, 0.717) is 16.9 Å². The molecular formula is C22H19N5O2. The first kappa shape index (κ1) is 18.4. The Kier molecular flexibility index (Phi) is 5.03. The van der Waals surface area contributed by atoms with Crippen molar-refractivity contribution in [3.05, 3.63) is 83.7 Å². The maximum Gasteiger partial charge on any atom is 0.257 e. The van der Waals surface area contributed by atoms with Crippen molar-refractivity contribution in [2.45, 2.75) is 13.3 Å². The number of hydrogen-bond donors (Lipinski definition) is 3. The number of fused-ring (bicyclic) bond motifs is 1. The summed E-state index contributed by atoms with van der Waals surface area (Å²) in [5.41, 5.74) is 3.88. The highest BCUT2D eigenvalue weighted by Crippen LogP contribution is 2.19. The van der Waals surface area contributed by atoms with Gasteiger partial charge in [0.15, 0.2) is 5.65 Å². The molecule has 29 heavy (non-hydrogen) atoms. The zero-order valence-electron chi connectivity index (χ0n) is 15.8. The summed E-state index contributed by atoms with van der Waals surface area (Å²) in [4.78, 5) is 29.4. The Bertz CT molecular complexity index is 1180. The number of rotatable bonds is 5. The van der Waals surface area contributed by atoms with E-state index in [1.165, 1.54) is 6.20 Å². The van der Waals surface area contributed by atoms with Gasteiger partial charge in [-0.2, -0.15) is 5.10 Å². The fourth-order valence-electron chi connectivity index (χ4n) is 3.03. The minimum absolute atomic E-state index is 0.142. The minimum atomic E-state index is -0.295. The van der Waals surface area contributed by atoms with Crippen LogP contribution in [-0.4, -0.2) is 27.0 Å². The fourth-order valence-corrected chi connectivity index (χ4v) is 3.03. The molecule has 0 atom stereocenters. The van der Waals surface area contributed by atoms with Crippen LogP contribution in [0.4, 0.5) is 11.4 Å². The molecule has 0 bridgehead atoms. The van der Waals surface area contributed by atoms with Crippen molar-refractivity contribution in [2.24, 2.45) is 0 Å². The van der Waals surface area contributed by atoms with E-state index in [4.69, 9.17) is 0 Å². The van der Waals surface area contributed by atoms with Gasteiger partial charge in [-0.15, -0.1) is 0 Å². The van der Waals surface area contributed by atoms with Crippen LogP contribution in [0.3, 0.4) is 0 Å². The number of aromatic amines is 1. The first-order valence-electron chi connectivity index (χ1n) is 9.15. The molecule has 144 valence electrons. The number of amides is 2. The number of benzene rings is 2. The van der Waals surface area contributed by atoms with Crippen molar-refractivity contribution in [1.82, 2.24) is 15.2 Å². The predicted molar refractivity (Wildman–Crippen MR) is 112 cm³/mol. The summed E-state index contributed by atoms with van der Waals surface area (Å²) >= 11 is 0. The Morgan fingerprint density at radius 2 is 1.76 bits per heavy atom. The maximum atomic E-state index is 12.7. The molecule has 2 amide bonds. The Hall–Kier alpha value is -4.00. The van der Waals surface area contributed by atoms with Gasteiger partial charge in [-0.25, -0.2) is 4.98 Å². The highest BCUT2D eigenvalue weighted by atomic mass is 16.2. The maximum absolute atomic E-state index is 12.7. The Morgan fingerprint density at radius 3 is 2.59 bits per heavy atom. The number of carbonyl (C=O) groups excluding carboxylic acids is 2. The van der Waals surface area contributed by atoms with Gasteiger partial charge in [0.25, 0.3) is 5.91 Å². The number of aromatic nitrogens is 3. The molecule has 3 N–H and O–H groups in total. The molecule has 0 aliphatic rings. The van der Waals surface area contributed by atoms with Crippen LogP contribution < -0.4 is 10.6 Å². The van der Waals surface area contributed by atoms with E-state index in [0.717, 1.165) is 22.3 Å². The standard InChI is InChI=1S/C22H19N5O2/c1-14-18-11-16(13-23-21(18)27-26-14)22(29)25-19-10-6-5-7-15(19)12-20(28)24-17-8-3-2-4-9-17/h2-11,13H,12H2,1H3,(H,24,28)(H,25,29)(H,23,26,27). The van der Waals surface area contributed by atoms with E-state index in [1.54, 1.807) is 12.1 Å². The zero-order chi connectivity index (χ0) is 20.2. The van der Waals surface area contributed by atoms with Crippen molar-refractivity contribution in [1.29, 1.82) is 0 Å². The van der Waals surface area contributed by atoms with Crippen LogP contribution in [0.5, 0.6) is 0 Å². The second-order valence-electron chi connectivity index (χ2n) is 6.65. The lowest BCUT2D eigenvalue weighted by atomic mass is 10.1. The Labute approximate surface area is 167 Å². The lowest BCUT2D eigenvalue weighted by Crippen LogP contribution is -2.17. The van der Waals surface area contributed by atoms with Gasteiger partial charge in [-0.3, -0.25) is 14.7 Å². The lowest BCUT2D eigenvalue weighted by Gasteiger charge is -2.11. The van der Waals surface area contributed by atoms with E-state index < -0.39 is 0 Å². The van der Waals surface area contributed by atoms with Gasteiger partial charge in [0.2, 0.25) is 5.91 Å². The molecule has 0 unspecified atom stereocenters. The molecule has 7 nitrogen and oxygen atoms in total. The summed E-state index contributed by atoms with van der Waals surface area (Å²) in [6, 6.07) is 18.3. The highest BCUT2D eigenvalue weighted by molar-refractivity contribution is 6.06. The number of aryl methyl sites for hydroxylation is 1. The van der Waals surface area contributed by atoms with E-state index in [1.807, 2.05) is 55.5 Å². The van der Waals surface area contributed by atoms with Gasteiger partial charge in [-0.05, 0) is 36.8 Å². The van der Waals surface area contributed by atoms with Gasteiger partial charge in [-0.1, -0.05) is 36.4 Å². The number of pyridine rings is 1. The topological polar surface area (TPSA) is 99.8 Å². The first-order chi connectivity index (χ1) is 14.1. The minimum Gasteiger partial charge on any atom is -0.326 e. The van der Waals surface area contributed by atoms with Crippen LogP contribution in [0.1, 0.15) is 21.6 Å². The summed E-state index contributed by atoms with van der Waals surface area (Å²) in [6.07, 6.45) is 1.63. The normalized spacial score (nSPS) is 10.7. The number of para-hydroxylation sites is 2. The van der Waals surface area contributed by atoms with Gasteiger partial charge >= 0.3 is 0 Å². The van der Waals surface area contributed by atoms with E-state index in [2.05, 4.69) is 25.8 Å². The highest BCUT2D eigenvalue weighted by Gasteiger charge is 2.14. The number of anilines is 2. The van der Waals surface area contributed by atoms with Crippen LogP contribution in [0, 0.1) is 6.92 Å². The van der Waals surface area contributed by atoms with Crippen molar-refractivity contribution >= 4 is 34.2 Å². The molecule has 7 heteroatoms. The van der Waals surface area contributed by atoms with Crippen molar-refractivity contribution in [2.75, 3.05) is 10.6 Å². The number of hydrogen-bond acceptors (Lipinski definition) is 4. The predicted octanol–water partition coefficient (Wildman–Crippen LogP) is 3.70. The molecule has 2 heterocycles. The van der Waals surface area contributed by atoms with Gasteiger partial charge in [0.05, 0.1) is 12.0 Å². The monoisotopic (exact) mass is 385 g/mol. The summed E-state index contributed by atoms with van der Waals surface area (Å²) in [5, 5.41) is 13.5. The third-order valence-electron chi connectivity index (χ3n) is 4.54. The largest absolute Gasteiger partial charge is 0.326 e. The molecule has 2 aromatic carbocycles. The third-order valence-corrected chi connectivity index (χ3v) is 4.54. The van der Waals surface area contributed by atoms with Crippen LogP contribution in [0.15, 0.2) is 66.9 Å². The Balaban J connectivity index is 1.50. The van der Waals surface area contributed by atoms with Crippen LogP contribution >= 0.6 is 0 Å². The van der Waals surface area contributed by atoms with E-state index >= 15 is 0 Å². The van der Waals surface area contributed by atoms with E-state index in [9.17, 15) is 9.59 Å². The molecule has 0 radical (unpaired) electrons. The number of nitrogens with one attached hydrogen (secondary N) is 3. The fraction of sp³-hybridized carbons (Fsp3) is 0.0909. The summed E-state index contributed by atoms with van der Waals surface area (Å²) in [6.45, 7) is 1.87. The number of carbonyl (C=O) groups is 2. The number of H-pyrrole nitrogens is 1. The average Bonchev–Trinajstić information content (AvgIpc) is 3.10. The molecule has 2 aromatic heterocycles. The third kappa shape index (κ3) is 4.14. The van der Waals surface area contributed by atoms with Crippen LogP contribution in [-0.2, 0) is 11.2 Å². The Morgan fingerprint density at radius 1 is 1.00 bits per heavy atom. The molecule has 0 spiro atoms. The first-order valence-corrected chi connectivity index (χ1v) is 9.15. The van der Waals surface area contributed by atoms with Crippen molar-refractivity contribution < 1.29 is 9.59 Å². The smallest absolute Gasteiger partial charge is 0.257 e. The van der Waals surface area contributed by atoms with Gasteiger partial charge in [0, 0.05) is 28.7 Å². The van der Waals surface area contributed by atoms with Gasteiger partial charge < -0.3 is 10.6 Å². The number of nitrogens with zero attached hydrogens (tertiary/aromatic N) is 2. The molecule has 4 aromatic rings. The lowest BCUT2D eigenvalue weighted by molar-refractivity contribution is -0.115. The molecule has 0 saturated heterocycles. The van der Waals surface area contributed by atoms with E-state index in [-0.39, 0.29) is 18.2 Å². The molecule has 0 fully saturated rings. The SMILES string of the molecule is Cc1[nH]nc2ncc(C(=O)Nc3ccccc3CC(=O)Nc3ccccc3)cc12. The quantitative estimate of drug-likeness (QED) is 0.488. The summed E-state index contributed by atoms with van der Waals surface area (Å²) < 4.78 is 0. The second kappa shape index (κ2) is 7.93. The average molecular weight is 385 g/mol. The van der Waals surface area contributed by atoms with Crippen LogP contribution in [0.2, 0.25) is 0 Å². The van der Waals surface area contributed by atoms with Crippen LogP contribution in [0.25, 0.3) is 11.0 Å². The van der Waals surface area contributed by atoms with Crippen molar-refractivity contribution in [3.63, 3.8) is 0 Å². The summed E-state index contributed by atoms with van der Waals surface area (Å²) in [7, 11) is 0. The van der Waals surface area contributed by atoms with Crippen molar-refractivity contribution in [3.8, 4) is 0 Å².